The number of anilines is 1. The first-order valence-corrected chi connectivity index (χ1v) is 8.99. The Labute approximate surface area is 155 Å². The predicted octanol–water partition coefficient (Wildman–Crippen LogP) is 2.99. The van der Waals surface area contributed by atoms with Gasteiger partial charge in [-0.3, -0.25) is 4.79 Å². The van der Waals surface area contributed by atoms with E-state index in [0.717, 1.165) is 55.3 Å². The maximum absolute atomic E-state index is 12.5. The number of carbonyl (C=O) groups is 1. The van der Waals surface area contributed by atoms with Crippen molar-refractivity contribution >= 4 is 11.6 Å². The van der Waals surface area contributed by atoms with Gasteiger partial charge in [-0.15, -0.1) is 0 Å². The van der Waals surface area contributed by atoms with Gasteiger partial charge in [0.25, 0.3) is 0 Å². The molecule has 2 aromatic rings. The molecule has 26 heavy (non-hydrogen) atoms. The van der Waals surface area contributed by atoms with Crippen LogP contribution in [0.4, 0.5) is 5.69 Å². The van der Waals surface area contributed by atoms with Crippen LogP contribution in [-0.4, -0.2) is 51.2 Å². The summed E-state index contributed by atoms with van der Waals surface area (Å²) in [6.45, 7) is 3.21. The molecule has 3 rings (SSSR count). The third-order valence-electron chi connectivity index (χ3n) is 4.81. The number of piperazine rings is 1. The van der Waals surface area contributed by atoms with Crippen LogP contribution in [0.25, 0.3) is 0 Å². The average Bonchev–Trinajstić information content (AvgIpc) is 2.72. The molecule has 138 valence electrons. The summed E-state index contributed by atoms with van der Waals surface area (Å²) in [5.74, 6) is 1.92. The number of methoxy groups -OCH3 is 2. The maximum atomic E-state index is 12.5. The summed E-state index contributed by atoms with van der Waals surface area (Å²) in [4.78, 5) is 16.8. The number of hydrogen-bond acceptors (Lipinski definition) is 4. The van der Waals surface area contributed by atoms with Crippen molar-refractivity contribution in [3.8, 4) is 11.5 Å². The summed E-state index contributed by atoms with van der Waals surface area (Å²) < 4.78 is 10.5. The van der Waals surface area contributed by atoms with Crippen LogP contribution in [-0.2, 0) is 11.2 Å². The molecule has 1 aliphatic heterocycles. The Morgan fingerprint density at radius 3 is 2.27 bits per heavy atom. The standard InChI is InChI=1S/C21H26N2O3/c1-25-19-7-3-5-17(15-19)9-10-21(24)23-13-11-22(12-14-23)18-6-4-8-20(16-18)26-2/h3-8,15-16H,9-14H2,1-2H3. The second-order valence-corrected chi connectivity index (χ2v) is 6.42. The van der Waals surface area contributed by atoms with E-state index >= 15 is 0 Å². The Morgan fingerprint density at radius 2 is 1.58 bits per heavy atom. The molecule has 0 radical (unpaired) electrons. The lowest BCUT2D eigenvalue weighted by molar-refractivity contribution is -0.131. The smallest absolute Gasteiger partial charge is 0.223 e. The molecule has 1 fully saturated rings. The first kappa shape index (κ1) is 18.1. The summed E-state index contributed by atoms with van der Waals surface area (Å²) in [5.41, 5.74) is 2.28. The molecule has 1 saturated heterocycles. The third kappa shape index (κ3) is 4.48. The number of aryl methyl sites for hydroxylation is 1. The molecular weight excluding hydrogens is 328 g/mol. The second-order valence-electron chi connectivity index (χ2n) is 6.42. The minimum absolute atomic E-state index is 0.220. The fraction of sp³-hybridized carbons (Fsp3) is 0.381. The van der Waals surface area contributed by atoms with E-state index < -0.39 is 0 Å². The van der Waals surface area contributed by atoms with Crippen LogP contribution in [0.5, 0.6) is 11.5 Å². The van der Waals surface area contributed by atoms with Crippen molar-refractivity contribution in [2.24, 2.45) is 0 Å². The van der Waals surface area contributed by atoms with Crippen LogP contribution in [0.3, 0.4) is 0 Å². The van der Waals surface area contributed by atoms with Crippen LogP contribution < -0.4 is 14.4 Å². The Bertz CT molecular complexity index is 740. The van der Waals surface area contributed by atoms with Crippen molar-refractivity contribution in [3.05, 3.63) is 54.1 Å². The third-order valence-corrected chi connectivity index (χ3v) is 4.81. The molecule has 1 amide bonds. The van der Waals surface area contributed by atoms with E-state index in [1.165, 1.54) is 0 Å². The first-order valence-electron chi connectivity index (χ1n) is 8.99. The molecule has 0 atom stereocenters. The fourth-order valence-corrected chi connectivity index (χ4v) is 3.26. The molecule has 0 unspecified atom stereocenters. The summed E-state index contributed by atoms with van der Waals surface area (Å²) in [6.07, 6.45) is 1.28. The monoisotopic (exact) mass is 354 g/mol. The van der Waals surface area contributed by atoms with Crippen LogP contribution in [0, 0.1) is 0 Å². The molecular formula is C21H26N2O3. The Balaban J connectivity index is 1.50. The van der Waals surface area contributed by atoms with E-state index in [2.05, 4.69) is 11.0 Å². The van der Waals surface area contributed by atoms with Crippen LogP contribution in [0.15, 0.2) is 48.5 Å². The topological polar surface area (TPSA) is 42.0 Å². The van der Waals surface area contributed by atoms with Gasteiger partial charge in [-0.1, -0.05) is 18.2 Å². The fourth-order valence-electron chi connectivity index (χ4n) is 3.26. The molecule has 0 N–H and O–H groups in total. The number of amides is 1. The van der Waals surface area contributed by atoms with Gasteiger partial charge in [0, 0.05) is 44.4 Å². The zero-order valence-electron chi connectivity index (χ0n) is 15.5. The van der Waals surface area contributed by atoms with Gasteiger partial charge in [-0.2, -0.15) is 0 Å². The van der Waals surface area contributed by atoms with E-state index in [-0.39, 0.29) is 5.91 Å². The SMILES string of the molecule is COc1cccc(CCC(=O)N2CCN(c3cccc(OC)c3)CC2)c1. The highest BCUT2D eigenvalue weighted by Gasteiger charge is 2.21. The quantitative estimate of drug-likeness (QED) is 0.800. The molecule has 0 aliphatic carbocycles. The molecule has 5 heteroatoms. The van der Waals surface area contributed by atoms with E-state index in [4.69, 9.17) is 9.47 Å². The number of ether oxygens (including phenoxy) is 2. The Morgan fingerprint density at radius 1 is 0.923 bits per heavy atom. The normalized spacial score (nSPS) is 14.2. The Hall–Kier alpha value is -2.69. The van der Waals surface area contributed by atoms with Crippen molar-refractivity contribution in [1.82, 2.24) is 4.90 Å². The lowest BCUT2D eigenvalue weighted by Gasteiger charge is -2.36. The van der Waals surface area contributed by atoms with Gasteiger partial charge in [-0.25, -0.2) is 0 Å². The summed E-state index contributed by atoms with van der Waals surface area (Å²) in [6, 6.07) is 16.0. The predicted molar refractivity (Wildman–Crippen MR) is 103 cm³/mol. The van der Waals surface area contributed by atoms with Gasteiger partial charge in [0.2, 0.25) is 5.91 Å². The van der Waals surface area contributed by atoms with Gasteiger partial charge in [0.15, 0.2) is 0 Å². The highest BCUT2D eigenvalue weighted by atomic mass is 16.5. The van der Waals surface area contributed by atoms with Crippen molar-refractivity contribution in [2.45, 2.75) is 12.8 Å². The van der Waals surface area contributed by atoms with Crippen molar-refractivity contribution in [3.63, 3.8) is 0 Å². The van der Waals surface area contributed by atoms with Crippen LogP contribution >= 0.6 is 0 Å². The largest absolute Gasteiger partial charge is 0.497 e. The van der Waals surface area contributed by atoms with Crippen LogP contribution in [0.1, 0.15) is 12.0 Å². The first-order chi connectivity index (χ1) is 12.7. The van der Waals surface area contributed by atoms with E-state index in [9.17, 15) is 4.79 Å². The maximum Gasteiger partial charge on any atom is 0.223 e. The minimum Gasteiger partial charge on any atom is -0.497 e. The van der Waals surface area contributed by atoms with Crippen molar-refractivity contribution in [1.29, 1.82) is 0 Å². The molecule has 1 aliphatic rings. The van der Waals surface area contributed by atoms with Gasteiger partial charge in [0.1, 0.15) is 11.5 Å². The zero-order chi connectivity index (χ0) is 18.4. The average molecular weight is 354 g/mol. The zero-order valence-corrected chi connectivity index (χ0v) is 15.5. The van der Waals surface area contributed by atoms with Gasteiger partial charge in [-0.05, 0) is 36.2 Å². The number of carbonyl (C=O) groups excluding carboxylic acids is 1. The molecule has 0 spiro atoms. The summed E-state index contributed by atoms with van der Waals surface area (Å²) in [7, 11) is 3.34. The molecule has 0 saturated carbocycles. The van der Waals surface area contributed by atoms with Crippen LogP contribution in [0.2, 0.25) is 0 Å². The lowest BCUT2D eigenvalue weighted by atomic mass is 10.1. The second kappa shape index (κ2) is 8.61. The number of rotatable bonds is 6. The van der Waals surface area contributed by atoms with Gasteiger partial charge in [0.05, 0.1) is 14.2 Å². The van der Waals surface area contributed by atoms with Gasteiger partial charge >= 0.3 is 0 Å². The van der Waals surface area contributed by atoms with E-state index in [1.807, 2.05) is 47.4 Å². The minimum atomic E-state index is 0.220. The van der Waals surface area contributed by atoms with Crippen molar-refractivity contribution < 1.29 is 14.3 Å². The van der Waals surface area contributed by atoms with Gasteiger partial charge < -0.3 is 19.3 Å². The highest BCUT2D eigenvalue weighted by Crippen LogP contribution is 2.22. The summed E-state index contributed by atoms with van der Waals surface area (Å²) in [5, 5.41) is 0. The molecule has 0 aromatic heterocycles. The lowest BCUT2D eigenvalue weighted by Crippen LogP contribution is -2.48. The number of hydrogen-bond donors (Lipinski definition) is 0. The van der Waals surface area contributed by atoms with Crippen molar-refractivity contribution in [2.75, 3.05) is 45.3 Å². The molecule has 0 bridgehead atoms. The number of benzene rings is 2. The Kier molecular flexibility index (Phi) is 6.00. The van der Waals surface area contributed by atoms with E-state index in [1.54, 1.807) is 14.2 Å². The molecule has 2 aromatic carbocycles. The molecule has 5 nitrogen and oxygen atoms in total. The number of nitrogens with zero attached hydrogens (tertiary/aromatic N) is 2. The highest BCUT2D eigenvalue weighted by molar-refractivity contribution is 5.76. The van der Waals surface area contributed by atoms with E-state index in [0.29, 0.717) is 6.42 Å². The molecule has 1 heterocycles. The summed E-state index contributed by atoms with van der Waals surface area (Å²) >= 11 is 0.